The zero-order chi connectivity index (χ0) is 17.6. The van der Waals surface area contributed by atoms with Crippen LogP contribution in [0.25, 0.3) is 5.57 Å². The van der Waals surface area contributed by atoms with Gasteiger partial charge in [0.15, 0.2) is 0 Å². The summed E-state index contributed by atoms with van der Waals surface area (Å²) in [5.74, 6) is 0.0935. The molecule has 4 rings (SSSR count). The van der Waals surface area contributed by atoms with Crippen LogP contribution in [-0.4, -0.2) is 9.55 Å². The van der Waals surface area contributed by atoms with Gasteiger partial charge in [-0.05, 0) is 41.5 Å². The molecule has 5 heteroatoms. The van der Waals surface area contributed by atoms with E-state index in [1.807, 2.05) is 17.8 Å². The Morgan fingerprint density at radius 1 is 1.08 bits per heavy atom. The lowest BCUT2D eigenvalue weighted by atomic mass is 9.79. The number of imidazole rings is 1. The fourth-order valence-corrected chi connectivity index (χ4v) is 3.46. The number of hydrogen-bond acceptors (Lipinski definition) is 2. The molecule has 0 fully saturated rings. The van der Waals surface area contributed by atoms with Crippen LogP contribution in [0.5, 0.6) is 0 Å². The summed E-state index contributed by atoms with van der Waals surface area (Å²) in [5.41, 5.74) is 3.31. The molecule has 2 aromatic carbocycles. The zero-order valence-corrected chi connectivity index (χ0v) is 13.7. The molecule has 2 heterocycles. The topological polar surface area (TPSA) is 29.9 Å². The Bertz CT molecular complexity index is 944. The van der Waals surface area contributed by atoms with Crippen molar-refractivity contribution in [3.63, 3.8) is 0 Å². The lowest BCUT2D eigenvalue weighted by Gasteiger charge is -2.36. The molecule has 1 aliphatic rings. The van der Waals surface area contributed by atoms with E-state index in [1.165, 1.54) is 24.3 Å². The number of aromatic nitrogens is 2. The van der Waals surface area contributed by atoms with Crippen molar-refractivity contribution in [2.45, 2.75) is 12.0 Å². The quantitative estimate of drug-likeness (QED) is 0.737. The molecule has 0 spiro atoms. The van der Waals surface area contributed by atoms with Gasteiger partial charge in [0.1, 0.15) is 17.5 Å². The number of nitrogens with one attached hydrogen (secondary N) is 1. The first-order valence-corrected chi connectivity index (χ1v) is 8.02. The highest BCUT2D eigenvalue weighted by Gasteiger charge is 2.35. The maximum atomic E-state index is 13.7. The third kappa shape index (κ3) is 2.61. The molecule has 0 radical (unpaired) electrons. The maximum absolute atomic E-state index is 13.7. The van der Waals surface area contributed by atoms with Crippen molar-refractivity contribution in [1.82, 2.24) is 9.55 Å². The van der Waals surface area contributed by atoms with Crippen LogP contribution in [0.3, 0.4) is 0 Å². The van der Waals surface area contributed by atoms with Crippen LogP contribution in [0.2, 0.25) is 0 Å². The van der Waals surface area contributed by atoms with Crippen molar-refractivity contribution in [1.29, 1.82) is 0 Å². The van der Waals surface area contributed by atoms with Gasteiger partial charge in [0.05, 0.1) is 12.0 Å². The van der Waals surface area contributed by atoms with Crippen LogP contribution in [0.15, 0.2) is 61.4 Å². The average Bonchev–Trinajstić information content (AvgIpc) is 3.01. The van der Waals surface area contributed by atoms with Gasteiger partial charge in [0, 0.05) is 30.7 Å². The van der Waals surface area contributed by atoms with Gasteiger partial charge in [-0.1, -0.05) is 18.7 Å². The minimum Gasteiger partial charge on any atom is -0.377 e. The van der Waals surface area contributed by atoms with E-state index in [9.17, 15) is 8.78 Å². The van der Waals surface area contributed by atoms with Gasteiger partial charge in [-0.2, -0.15) is 0 Å². The van der Waals surface area contributed by atoms with E-state index in [4.69, 9.17) is 0 Å². The third-order valence-corrected chi connectivity index (χ3v) is 4.71. The molecule has 0 aliphatic carbocycles. The SMILES string of the molecule is C=C1c2ccc(F)cc2NC(c2ccc(F)cc2)C1c1nccn1C. The number of benzene rings is 2. The monoisotopic (exact) mass is 337 g/mol. The molecular weight excluding hydrogens is 320 g/mol. The van der Waals surface area contributed by atoms with Crippen molar-refractivity contribution in [3.05, 3.63) is 90.0 Å². The summed E-state index contributed by atoms with van der Waals surface area (Å²) in [6, 6.07) is 10.7. The smallest absolute Gasteiger partial charge is 0.125 e. The molecule has 1 aromatic heterocycles. The van der Waals surface area contributed by atoms with Crippen LogP contribution < -0.4 is 5.32 Å². The molecule has 0 saturated heterocycles. The molecule has 2 unspecified atom stereocenters. The Morgan fingerprint density at radius 3 is 2.48 bits per heavy atom. The predicted molar refractivity (Wildman–Crippen MR) is 94.1 cm³/mol. The first-order chi connectivity index (χ1) is 12.0. The highest BCUT2D eigenvalue weighted by molar-refractivity contribution is 5.82. The summed E-state index contributed by atoms with van der Waals surface area (Å²) in [7, 11) is 1.93. The van der Waals surface area contributed by atoms with Crippen LogP contribution >= 0.6 is 0 Å². The molecule has 2 atom stereocenters. The summed E-state index contributed by atoms with van der Waals surface area (Å²) in [4.78, 5) is 4.49. The molecule has 3 aromatic rings. The van der Waals surface area contributed by atoms with Gasteiger partial charge in [-0.25, -0.2) is 13.8 Å². The van der Waals surface area contributed by atoms with E-state index in [0.29, 0.717) is 5.69 Å². The Hall–Kier alpha value is -2.95. The van der Waals surface area contributed by atoms with Crippen molar-refractivity contribution < 1.29 is 8.78 Å². The van der Waals surface area contributed by atoms with Gasteiger partial charge in [0.2, 0.25) is 0 Å². The van der Waals surface area contributed by atoms with Crippen LogP contribution in [-0.2, 0) is 7.05 Å². The minimum absolute atomic E-state index is 0.150. The molecule has 0 amide bonds. The van der Waals surface area contributed by atoms with Crippen LogP contribution in [0.4, 0.5) is 14.5 Å². The predicted octanol–water partition coefficient (Wildman–Crippen LogP) is 4.66. The summed E-state index contributed by atoms with van der Waals surface area (Å²) in [5, 5.41) is 3.39. The van der Waals surface area contributed by atoms with E-state index < -0.39 is 0 Å². The number of rotatable bonds is 2. The molecular formula is C20H17F2N3. The van der Waals surface area contributed by atoms with Crippen LogP contribution in [0.1, 0.15) is 28.9 Å². The Kier molecular flexibility index (Phi) is 3.64. The summed E-state index contributed by atoms with van der Waals surface area (Å²) >= 11 is 0. The van der Waals surface area contributed by atoms with Crippen LogP contribution in [0, 0.1) is 11.6 Å². The second-order valence-corrected chi connectivity index (χ2v) is 6.26. The fourth-order valence-electron chi connectivity index (χ4n) is 3.46. The number of halogens is 2. The minimum atomic E-state index is -0.313. The average molecular weight is 337 g/mol. The van der Waals surface area contributed by atoms with Gasteiger partial charge in [-0.15, -0.1) is 0 Å². The van der Waals surface area contributed by atoms with Gasteiger partial charge in [-0.3, -0.25) is 0 Å². The van der Waals surface area contributed by atoms with E-state index in [1.54, 1.807) is 24.4 Å². The lowest BCUT2D eigenvalue weighted by Crippen LogP contribution is -2.27. The molecule has 126 valence electrons. The lowest BCUT2D eigenvalue weighted by molar-refractivity contribution is 0.608. The number of fused-ring (bicyclic) bond motifs is 1. The van der Waals surface area contributed by atoms with Gasteiger partial charge >= 0.3 is 0 Å². The summed E-state index contributed by atoms with van der Waals surface area (Å²) in [6.45, 7) is 4.27. The van der Waals surface area contributed by atoms with Crippen molar-refractivity contribution in [3.8, 4) is 0 Å². The highest BCUT2D eigenvalue weighted by Crippen LogP contribution is 2.48. The summed E-state index contributed by atoms with van der Waals surface area (Å²) in [6.07, 6.45) is 3.62. The Labute approximate surface area is 144 Å². The van der Waals surface area contributed by atoms with E-state index in [0.717, 1.165) is 22.5 Å². The molecule has 25 heavy (non-hydrogen) atoms. The van der Waals surface area contributed by atoms with Crippen molar-refractivity contribution in [2.24, 2.45) is 7.05 Å². The van der Waals surface area contributed by atoms with E-state index in [2.05, 4.69) is 16.9 Å². The standard InChI is InChI=1S/C20H17F2N3/c1-12-16-8-7-15(22)11-17(16)24-19(13-3-5-14(21)6-4-13)18(12)20-23-9-10-25(20)2/h3-11,18-19,24H,1H2,2H3. The molecule has 3 nitrogen and oxygen atoms in total. The Balaban J connectivity index is 1.88. The first kappa shape index (κ1) is 15.6. The molecule has 0 bridgehead atoms. The summed E-state index contributed by atoms with van der Waals surface area (Å²) < 4.78 is 29.0. The fraction of sp³-hybridized carbons (Fsp3) is 0.150. The number of hydrogen-bond donors (Lipinski definition) is 1. The zero-order valence-electron chi connectivity index (χ0n) is 13.7. The largest absolute Gasteiger partial charge is 0.377 e. The second kappa shape index (κ2) is 5.84. The van der Waals surface area contributed by atoms with Gasteiger partial charge in [0.25, 0.3) is 0 Å². The van der Waals surface area contributed by atoms with E-state index in [-0.39, 0.29) is 23.6 Å². The maximum Gasteiger partial charge on any atom is 0.125 e. The molecule has 0 saturated carbocycles. The number of anilines is 1. The Morgan fingerprint density at radius 2 is 1.80 bits per heavy atom. The normalized spacial score (nSPS) is 19.4. The van der Waals surface area contributed by atoms with E-state index >= 15 is 0 Å². The number of nitrogens with zero attached hydrogens (tertiary/aromatic N) is 2. The first-order valence-electron chi connectivity index (χ1n) is 8.02. The second-order valence-electron chi connectivity index (χ2n) is 6.26. The highest BCUT2D eigenvalue weighted by atomic mass is 19.1. The third-order valence-electron chi connectivity index (χ3n) is 4.71. The molecule has 1 aliphatic heterocycles. The van der Waals surface area contributed by atoms with Gasteiger partial charge < -0.3 is 9.88 Å². The number of aryl methyl sites for hydroxylation is 1. The molecule has 1 N–H and O–H groups in total. The van der Waals surface area contributed by atoms with Crippen molar-refractivity contribution in [2.75, 3.05) is 5.32 Å². The van der Waals surface area contributed by atoms with Crippen molar-refractivity contribution >= 4 is 11.3 Å².